The van der Waals surface area contributed by atoms with Crippen LogP contribution in [0.3, 0.4) is 0 Å². The molecule has 0 bridgehead atoms. The Labute approximate surface area is 350 Å². The standard InChI is InChI=1S/C46H78NO10P/c1-3-5-7-9-11-13-15-16-17-18-19-20-21-22-23-24-25-26-28-29-31-33-35-37-44(49)47-43(46(51)52)41-57-58(53,54)56-40-42(48)39-55-45(50)38-36-34-32-30-27-14-12-10-8-6-4-2/h5,7,10-13,16-17,19-20,22-23,42-43,48H,3-4,6,8-9,14-15,18,21,24-41H2,1-2H3,(H,47,49)(H,51,52)(H,53,54)/b7-5-,12-10-,13-11-,17-16-,20-19-,23-22-. The van der Waals surface area contributed by atoms with Crippen molar-refractivity contribution in [1.82, 2.24) is 5.32 Å². The Hall–Kier alpha value is -3.08. The Bertz CT molecular complexity index is 1260. The maximum Gasteiger partial charge on any atom is 0.472 e. The lowest BCUT2D eigenvalue weighted by atomic mass is 10.1. The van der Waals surface area contributed by atoms with Gasteiger partial charge in [-0.2, -0.15) is 0 Å². The summed E-state index contributed by atoms with van der Waals surface area (Å²) in [5, 5.41) is 21.8. The molecule has 12 heteroatoms. The Morgan fingerprint density at radius 1 is 0.569 bits per heavy atom. The molecule has 0 fully saturated rings. The lowest BCUT2D eigenvalue weighted by Crippen LogP contribution is -2.43. The van der Waals surface area contributed by atoms with Crippen molar-refractivity contribution >= 4 is 25.7 Å². The molecule has 0 aliphatic rings. The van der Waals surface area contributed by atoms with Crippen molar-refractivity contribution < 1.29 is 47.8 Å². The number of hydrogen-bond acceptors (Lipinski definition) is 8. The van der Waals surface area contributed by atoms with Crippen molar-refractivity contribution in [3.63, 3.8) is 0 Å². The second-order valence-corrected chi connectivity index (χ2v) is 16.0. The smallest absolute Gasteiger partial charge is 0.472 e. The van der Waals surface area contributed by atoms with Gasteiger partial charge in [0.25, 0.3) is 0 Å². The number of aliphatic hydroxyl groups is 1. The zero-order valence-corrected chi connectivity index (χ0v) is 36.7. The van der Waals surface area contributed by atoms with Crippen molar-refractivity contribution in [2.45, 2.75) is 180 Å². The summed E-state index contributed by atoms with van der Waals surface area (Å²) in [5.74, 6) is -2.41. The minimum absolute atomic E-state index is 0.128. The van der Waals surface area contributed by atoms with Gasteiger partial charge in [0.15, 0.2) is 6.04 Å². The van der Waals surface area contributed by atoms with E-state index in [1.54, 1.807) is 0 Å². The lowest BCUT2D eigenvalue weighted by Gasteiger charge is -2.18. The Kier molecular flexibility index (Phi) is 38.5. The van der Waals surface area contributed by atoms with Gasteiger partial charge in [-0.15, -0.1) is 0 Å². The van der Waals surface area contributed by atoms with Crippen LogP contribution in [0.15, 0.2) is 72.9 Å². The van der Waals surface area contributed by atoms with Crippen LogP contribution in [-0.4, -0.2) is 64.9 Å². The van der Waals surface area contributed by atoms with Gasteiger partial charge in [-0.05, 0) is 77.0 Å². The number of ether oxygens (including phenoxy) is 1. The van der Waals surface area contributed by atoms with Crippen LogP contribution in [0, 0.1) is 0 Å². The molecule has 0 aliphatic heterocycles. The molecule has 1 amide bonds. The monoisotopic (exact) mass is 836 g/mol. The van der Waals surface area contributed by atoms with E-state index >= 15 is 0 Å². The molecule has 0 aromatic carbocycles. The van der Waals surface area contributed by atoms with Gasteiger partial charge in [0.2, 0.25) is 5.91 Å². The Balaban J connectivity index is 3.94. The maximum atomic E-state index is 12.3. The molecule has 0 heterocycles. The van der Waals surface area contributed by atoms with Gasteiger partial charge >= 0.3 is 19.8 Å². The highest BCUT2D eigenvalue weighted by atomic mass is 31.2. The normalized spacial score (nSPS) is 14.4. The Morgan fingerprint density at radius 3 is 1.52 bits per heavy atom. The largest absolute Gasteiger partial charge is 0.480 e. The number of amides is 1. The summed E-state index contributed by atoms with van der Waals surface area (Å²) in [7, 11) is -4.76. The number of unbranched alkanes of at least 4 members (excludes halogenated alkanes) is 14. The summed E-state index contributed by atoms with van der Waals surface area (Å²) in [5.41, 5.74) is 0. The van der Waals surface area contributed by atoms with E-state index in [4.69, 9.17) is 13.8 Å². The first kappa shape index (κ1) is 54.9. The fourth-order valence-corrected chi connectivity index (χ4v) is 6.33. The third kappa shape index (κ3) is 39.7. The molecule has 0 rings (SSSR count). The summed E-state index contributed by atoms with van der Waals surface area (Å²) in [4.78, 5) is 45.9. The van der Waals surface area contributed by atoms with Crippen LogP contribution in [0.2, 0.25) is 0 Å². The molecule has 0 saturated carbocycles. The van der Waals surface area contributed by atoms with Gasteiger partial charge in [0.05, 0.1) is 13.2 Å². The molecule has 3 atom stereocenters. The first-order valence-corrected chi connectivity index (χ1v) is 23.5. The molecule has 3 unspecified atom stereocenters. The van der Waals surface area contributed by atoms with Gasteiger partial charge in [-0.25, -0.2) is 9.36 Å². The second-order valence-electron chi connectivity index (χ2n) is 14.5. The van der Waals surface area contributed by atoms with E-state index in [2.05, 4.69) is 92.1 Å². The molecule has 58 heavy (non-hydrogen) atoms. The molecular weight excluding hydrogens is 757 g/mol. The van der Waals surface area contributed by atoms with E-state index < -0.39 is 57.6 Å². The molecule has 0 aromatic rings. The SMILES string of the molecule is CC/C=C\C/C=C\C/C=C\C/C=C\C/C=C\CCCCCCCCCC(=O)NC(COP(=O)(O)OCC(O)COC(=O)CCCCCCC/C=C\CCCC)C(=O)O. The van der Waals surface area contributed by atoms with Crippen molar-refractivity contribution in [1.29, 1.82) is 0 Å². The maximum absolute atomic E-state index is 12.3. The highest BCUT2D eigenvalue weighted by Crippen LogP contribution is 2.43. The number of esters is 1. The number of carbonyl (C=O) groups is 3. The summed E-state index contributed by atoms with van der Waals surface area (Å²) in [6.45, 7) is 2.40. The average molecular weight is 836 g/mol. The summed E-state index contributed by atoms with van der Waals surface area (Å²) < 4.78 is 26.8. The van der Waals surface area contributed by atoms with Crippen molar-refractivity contribution in [2.75, 3.05) is 19.8 Å². The predicted molar refractivity (Wildman–Crippen MR) is 235 cm³/mol. The van der Waals surface area contributed by atoms with Crippen molar-refractivity contribution in [2.24, 2.45) is 0 Å². The molecular formula is C46H78NO10P. The summed E-state index contributed by atoms with van der Waals surface area (Å²) in [6, 6.07) is -1.56. The van der Waals surface area contributed by atoms with Gasteiger partial charge in [0.1, 0.15) is 12.7 Å². The number of carboxylic acids is 1. The van der Waals surface area contributed by atoms with E-state index in [-0.39, 0.29) is 12.8 Å². The highest BCUT2D eigenvalue weighted by Gasteiger charge is 2.28. The number of phosphoric ester groups is 1. The number of carbonyl (C=O) groups excluding carboxylic acids is 2. The number of phosphoric acid groups is 1. The molecule has 0 aliphatic carbocycles. The van der Waals surface area contributed by atoms with E-state index in [1.165, 1.54) is 12.8 Å². The van der Waals surface area contributed by atoms with E-state index in [0.29, 0.717) is 12.8 Å². The number of nitrogens with one attached hydrogen (secondary N) is 1. The van der Waals surface area contributed by atoms with Crippen molar-refractivity contribution in [3.05, 3.63) is 72.9 Å². The predicted octanol–water partition coefficient (Wildman–Crippen LogP) is 11.3. The number of hydrogen-bond donors (Lipinski definition) is 4. The quantitative estimate of drug-likeness (QED) is 0.0202. The first-order valence-electron chi connectivity index (χ1n) is 22.0. The van der Waals surface area contributed by atoms with Crippen LogP contribution in [0.25, 0.3) is 0 Å². The molecule has 0 radical (unpaired) electrons. The minimum atomic E-state index is -4.76. The molecule has 0 spiro atoms. The number of carboxylic acid groups (broad SMARTS) is 1. The molecule has 332 valence electrons. The number of aliphatic carboxylic acids is 1. The third-order valence-electron chi connectivity index (χ3n) is 8.98. The fraction of sp³-hybridized carbons (Fsp3) is 0.674. The first-order chi connectivity index (χ1) is 28.1. The van der Waals surface area contributed by atoms with Crippen LogP contribution in [0.1, 0.15) is 168 Å². The zero-order chi connectivity index (χ0) is 42.8. The second kappa shape index (κ2) is 40.7. The topological polar surface area (TPSA) is 169 Å². The number of rotatable bonds is 40. The van der Waals surface area contributed by atoms with Crippen LogP contribution in [0.5, 0.6) is 0 Å². The summed E-state index contributed by atoms with van der Waals surface area (Å²) >= 11 is 0. The lowest BCUT2D eigenvalue weighted by molar-refractivity contribution is -0.147. The number of aliphatic hydroxyl groups excluding tert-OH is 1. The van der Waals surface area contributed by atoms with E-state index in [0.717, 1.165) is 116 Å². The fourth-order valence-electron chi connectivity index (χ4n) is 5.56. The van der Waals surface area contributed by atoms with Gasteiger partial charge in [-0.1, -0.05) is 151 Å². The van der Waals surface area contributed by atoms with Crippen LogP contribution in [-0.2, 0) is 32.7 Å². The third-order valence-corrected chi connectivity index (χ3v) is 9.93. The molecule has 11 nitrogen and oxygen atoms in total. The number of allylic oxidation sites excluding steroid dienone is 12. The van der Waals surface area contributed by atoms with Crippen LogP contribution in [0.4, 0.5) is 0 Å². The highest BCUT2D eigenvalue weighted by molar-refractivity contribution is 7.47. The van der Waals surface area contributed by atoms with Gasteiger partial charge in [-0.3, -0.25) is 18.6 Å². The van der Waals surface area contributed by atoms with E-state index in [1.807, 2.05) is 0 Å². The Morgan fingerprint density at radius 2 is 1.00 bits per heavy atom. The zero-order valence-electron chi connectivity index (χ0n) is 35.8. The van der Waals surface area contributed by atoms with Gasteiger partial charge < -0.3 is 25.2 Å². The molecule has 4 N–H and O–H groups in total. The van der Waals surface area contributed by atoms with Crippen molar-refractivity contribution in [3.8, 4) is 0 Å². The van der Waals surface area contributed by atoms with Crippen LogP contribution < -0.4 is 5.32 Å². The minimum Gasteiger partial charge on any atom is -0.480 e. The van der Waals surface area contributed by atoms with Gasteiger partial charge in [0, 0.05) is 12.8 Å². The average Bonchev–Trinajstić information content (AvgIpc) is 3.20. The van der Waals surface area contributed by atoms with Crippen LogP contribution >= 0.6 is 7.82 Å². The molecule has 0 saturated heterocycles. The summed E-state index contributed by atoms with van der Waals surface area (Å²) in [6.07, 6.45) is 47.8. The van der Waals surface area contributed by atoms with E-state index in [9.17, 15) is 34.1 Å². The molecule has 0 aromatic heterocycles.